The van der Waals surface area contributed by atoms with Crippen LogP contribution in [0.5, 0.6) is 11.5 Å². The number of benzene rings is 1. The zero-order valence-corrected chi connectivity index (χ0v) is 13.5. The summed E-state index contributed by atoms with van der Waals surface area (Å²) >= 11 is 1.93. The molecule has 0 saturated carbocycles. The molecule has 112 valence electrons. The fourth-order valence-electron chi connectivity index (χ4n) is 2.96. The molecule has 1 aromatic carbocycles. The van der Waals surface area contributed by atoms with E-state index in [1.165, 1.54) is 35.3 Å². The summed E-state index contributed by atoms with van der Waals surface area (Å²) in [5, 5.41) is 3.43. The van der Waals surface area contributed by atoms with Gasteiger partial charge in [-0.3, -0.25) is 0 Å². The van der Waals surface area contributed by atoms with Gasteiger partial charge in [-0.2, -0.15) is 0 Å². The third-order valence-corrected chi connectivity index (χ3v) is 5.35. The molecule has 0 fully saturated rings. The number of hydrogen-bond acceptors (Lipinski definition) is 4. The summed E-state index contributed by atoms with van der Waals surface area (Å²) in [5.74, 6) is 1.65. The van der Waals surface area contributed by atoms with Crippen LogP contribution in [-0.2, 0) is 12.8 Å². The number of hydrogen-bond donors (Lipinski definition) is 1. The van der Waals surface area contributed by atoms with E-state index in [0.717, 1.165) is 11.5 Å². The van der Waals surface area contributed by atoms with Crippen LogP contribution in [0.25, 0.3) is 0 Å². The van der Waals surface area contributed by atoms with Crippen molar-refractivity contribution in [3.8, 4) is 11.5 Å². The number of aryl methyl sites for hydroxylation is 2. The second-order valence-corrected chi connectivity index (χ2v) is 6.49. The van der Waals surface area contributed by atoms with E-state index in [0.29, 0.717) is 0 Å². The van der Waals surface area contributed by atoms with Crippen molar-refractivity contribution in [1.29, 1.82) is 0 Å². The van der Waals surface area contributed by atoms with E-state index in [9.17, 15) is 0 Å². The van der Waals surface area contributed by atoms with Crippen molar-refractivity contribution in [3.05, 3.63) is 45.1 Å². The van der Waals surface area contributed by atoms with Crippen molar-refractivity contribution >= 4 is 11.3 Å². The standard InChI is InChI=1S/C17H21NO2S/c1-18-17(16-9-11-5-4-6-15(11)21-16)12-7-13(19-2)10-14(8-12)20-3/h7-10,17-18H,4-6H2,1-3H3. The van der Waals surface area contributed by atoms with Gasteiger partial charge in [-0.1, -0.05) is 0 Å². The van der Waals surface area contributed by atoms with Gasteiger partial charge < -0.3 is 14.8 Å². The summed E-state index contributed by atoms with van der Waals surface area (Å²) in [6, 6.07) is 8.61. The Bertz CT molecular complexity index is 592. The van der Waals surface area contributed by atoms with Crippen LogP contribution in [0.1, 0.15) is 33.3 Å². The van der Waals surface area contributed by atoms with Crippen molar-refractivity contribution < 1.29 is 9.47 Å². The van der Waals surface area contributed by atoms with Crippen LogP contribution in [0.15, 0.2) is 24.3 Å². The average Bonchev–Trinajstić information content (AvgIpc) is 3.09. The summed E-state index contributed by atoms with van der Waals surface area (Å²) in [4.78, 5) is 2.93. The third kappa shape index (κ3) is 2.78. The Hall–Kier alpha value is -1.52. The minimum Gasteiger partial charge on any atom is -0.497 e. The number of fused-ring (bicyclic) bond motifs is 1. The maximum Gasteiger partial charge on any atom is 0.122 e. The van der Waals surface area contributed by atoms with E-state index in [1.807, 2.05) is 24.5 Å². The Kier molecular flexibility index (Phi) is 4.17. The molecule has 0 bridgehead atoms. The van der Waals surface area contributed by atoms with Gasteiger partial charge in [-0.25, -0.2) is 0 Å². The van der Waals surface area contributed by atoms with Gasteiger partial charge in [0.25, 0.3) is 0 Å². The number of ether oxygens (including phenoxy) is 2. The number of thiophene rings is 1. The van der Waals surface area contributed by atoms with Gasteiger partial charge >= 0.3 is 0 Å². The molecule has 1 heterocycles. The van der Waals surface area contributed by atoms with Crippen LogP contribution in [-0.4, -0.2) is 21.3 Å². The van der Waals surface area contributed by atoms with Gasteiger partial charge in [-0.05, 0) is 55.6 Å². The molecular weight excluding hydrogens is 282 g/mol. The van der Waals surface area contributed by atoms with Crippen molar-refractivity contribution in [2.45, 2.75) is 25.3 Å². The molecule has 0 aliphatic heterocycles. The summed E-state index contributed by atoms with van der Waals surface area (Å²) in [6.45, 7) is 0. The van der Waals surface area contributed by atoms with Gasteiger partial charge in [0.05, 0.1) is 20.3 Å². The van der Waals surface area contributed by atoms with Crippen LogP contribution in [0.2, 0.25) is 0 Å². The molecule has 0 saturated heterocycles. The fourth-order valence-corrected chi connectivity index (χ4v) is 4.36. The first-order chi connectivity index (χ1) is 10.2. The van der Waals surface area contributed by atoms with Gasteiger partial charge in [0.2, 0.25) is 0 Å². The second-order valence-electron chi connectivity index (χ2n) is 5.32. The Labute approximate surface area is 129 Å². The summed E-state index contributed by atoms with van der Waals surface area (Å²) in [5.41, 5.74) is 2.71. The highest BCUT2D eigenvalue weighted by Gasteiger charge is 2.21. The van der Waals surface area contributed by atoms with E-state index >= 15 is 0 Å². The van der Waals surface area contributed by atoms with Gasteiger partial charge in [0.1, 0.15) is 11.5 Å². The van der Waals surface area contributed by atoms with E-state index in [-0.39, 0.29) is 6.04 Å². The SMILES string of the molecule is CNC(c1cc(OC)cc(OC)c1)c1cc2c(s1)CCC2. The summed E-state index contributed by atoms with van der Waals surface area (Å²) in [7, 11) is 5.38. The molecule has 1 aliphatic carbocycles. The molecule has 1 atom stereocenters. The fraction of sp³-hybridized carbons (Fsp3) is 0.412. The first kappa shape index (κ1) is 14.4. The molecule has 3 rings (SSSR count). The van der Waals surface area contributed by atoms with Gasteiger partial charge in [0.15, 0.2) is 0 Å². The quantitative estimate of drug-likeness (QED) is 0.916. The number of methoxy groups -OCH3 is 2. The molecule has 21 heavy (non-hydrogen) atoms. The zero-order valence-electron chi connectivity index (χ0n) is 12.7. The Morgan fingerprint density at radius 1 is 1.05 bits per heavy atom. The molecule has 2 aromatic rings. The first-order valence-electron chi connectivity index (χ1n) is 7.27. The molecule has 0 radical (unpaired) electrons. The van der Waals surface area contributed by atoms with Crippen molar-refractivity contribution in [2.75, 3.05) is 21.3 Å². The van der Waals surface area contributed by atoms with Crippen LogP contribution in [0.4, 0.5) is 0 Å². The molecule has 1 N–H and O–H groups in total. The maximum atomic E-state index is 5.38. The van der Waals surface area contributed by atoms with E-state index < -0.39 is 0 Å². The highest BCUT2D eigenvalue weighted by atomic mass is 32.1. The Balaban J connectivity index is 1.98. The molecule has 1 unspecified atom stereocenters. The molecule has 0 amide bonds. The first-order valence-corrected chi connectivity index (χ1v) is 8.08. The van der Waals surface area contributed by atoms with E-state index in [2.05, 4.69) is 23.5 Å². The minimum atomic E-state index is 0.185. The van der Waals surface area contributed by atoms with Crippen LogP contribution in [0.3, 0.4) is 0 Å². The van der Waals surface area contributed by atoms with Gasteiger partial charge in [0, 0.05) is 15.8 Å². The molecule has 4 heteroatoms. The normalized spacial score (nSPS) is 14.8. The van der Waals surface area contributed by atoms with Crippen LogP contribution < -0.4 is 14.8 Å². The highest BCUT2D eigenvalue weighted by Crippen LogP contribution is 2.37. The Morgan fingerprint density at radius 2 is 1.76 bits per heavy atom. The molecule has 1 aliphatic rings. The van der Waals surface area contributed by atoms with Crippen molar-refractivity contribution in [1.82, 2.24) is 5.32 Å². The molecule has 3 nitrogen and oxygen atoms in total. The van der Waals surface area contributed by atoms with Crippen molar-refractivity contribution in [3.63, 3.8) is 0 Å². The van der Waals surface area contributed by atoms with E-state index in [1.54, 1.807) is 19.1 Å². The maximum absolute atomic E-state index is 5.38. The molecule has 0 spiro atoms. The lowest BCUT2D eigenvalue weighted by molar-refractivity contribution is 0.392. The highest BCUT2D eigenvalue weighted by molar-refractivity contribution is 7.12. The van der Waals surface area contributed by atoms with Crippen LogP contribution >= 0.6 is 11.3 Å². The number of rotatable bonds is 5. The summed E-state index contributed by atoms with van der Waals surface area (Å²) < 4.78 is 10.8. The van der Waals surface area contributed by atoms with Crippen LogP contribution in [0, 0.1) is 0 Å². The third-order valence-electron chi connectivity index (χ3n) is 4.05. The summed E-state index contributed by atoms with van der Waals surface area (Å²) in [6.07, 6.45) is 3.76. The van der Waals surface area contributed by atoms with E-state index in [4.69, 9.17) is 9.47 Å². The molecular formula is C17H21NO2S. The predicted octanol–water partition coefficient (Wildman–Crippen LogP) is 3.56. The molecule has 1 aromatic heterocycles. The number of nitrogens with one attached hydrogen (secondary N) is 1. The smallest absolute Gasteiger partial charge is 0.122 e. The topological polar surface area (TPSA) is 30.5 Å². The lowest BCUT2D eigenvalue weighted by Crippen LogP contribution is -2.16. The average molecular weight is 303 g/mol. The lowest BCUT2D eigenvalue weighted by atomic mass is 10.0. The Morgan fingerprint density at radius 3 is 2.33 bits per heavy atom. The predicted molar refractivity (Wildman–Crippen MR) is 86.8 cm³/mol. The monoisotopic (exact) mass is 303 g/mol. The largest absolute Gasteiger partial charge is 0.497 e. The van der Waals surface area contributed by atoms with Crippen molar-refractivity contribution in [2.24, 2.45) is 0 Å². The van der Waals surface area contributed by atoms with Gasteiger partial charge in [-0.15, -0.1) is 11.3 Å². The zero-order chi connectivity index (χ0) is 14.8. The lowest BCUT2D eigenvalue weighted by Gasteiger charge is -2.17. The second kappa shape index (κ2) is 6.08. The minimum absolute atomic E-state index is 0.185.